The first-order valence-corrected chi connectivity index (χ1v) is 7.50. The van der Waals surface area contributed by atoms with Crippen molar-refractivity contribution >= 4 is 40.4 Å². The molecule has 0 aliphatic rings. The van der Waals surface area contributed by atoms with Crippen LogP contribution in [0.4, 0.5) is 17.1 Å². The fourth-order valence-electron chi connectivity index (χ4n) is 1.90. The molecule has 7 nitrogen and oxygen atoms in total. The van der Waals surface area contributed by atoms with Gasteiger partial charge in [0, 0.05) is 23.5 Å². The summed E-state index contributed by atoms with van der Waals surface area (Å²) < 4.78 is 4.94. The average Bonchev–Trinajstić information content (AvgIpc) is 2.55. The quantitative estimate of drug-likeness (QED) is 0.370. The van der Waals surface area contributed by atoms with Gasteiger partial charge in [-0.05, 0) is 49.5 Å². The van der Waals surface area contributed by atoms with Crippen molar-refractivity contribution in [3.63, 3.8) is 0 Å². The fourth-order valence-corrected chi connectivity index (χ4v) is 2.13. The van der Waals surface area contributed by atoms with Crippen molar-refractivity contribution in [3.8, 4) is 0 Å². The summed E-state index contributed by atoms with van der Waals surface area (Å²) in [5, 5.41) is 16.8. The van der Waals surface area contributed by atoms with Gasteiger partial charge in [-0.2, -0.15) is 0 Å². The lowest BCUT2D eigenvalue weighted by molar-refractivity contribution is -0.384. The second kappa shape index (κ2) is 8.02. The molecule has 0 spiro atoms. The number of hydrogen-bond donors (Lipinski definition) is 2. The molecular weight excluding hydrogens is 330 g/mol. The lowest BCUT2D eigenvalue weighted by Gasteiger charge is -2.11. The van der Waals surface area contributed by atoms with Gasteiger partial charge in [-0.25, -0.2) is 4.79 Å². The zero-order chi connectivity index (χ0) is 17.5. The smallest absolute Gasteiger partial charge is 0.338 e. The highest BCUT2D eigenvalue weighted by Crippen LogP contribution is 2.16. The van der Waals surface area contributed by atoms with Crippen molar-refractivity contribution in [3.05, 3.63) is 64.2 Å². The first-order valence-electron chi connectivity index (χ1n) is 7.09. The van der Waals surface area contributed by atoms with Crippen molar-refractivity contribution in [1.29, 1.82) is 0 Å². The number of carbonyl (C=O) groups is 1. The van der Waals surface area contributed by atoms with Crippen LogP contribution in [0.2, 0.25) is 0 Å². The van der Waals surface area contributed by atoms with Gasteiger partial charge in [0.25, 0.3) is 5.69 Å². The molecule has 0 radical (unpaired) electrons. The van der Waals surface area contributed by atoms with Crippen molar-refractivity contribution < 1.29 is 14.5 Å². The van der Waals surface area contributed by atoms with Crippen LogP contribution in [0.1, 0.15) is 17.3 Å². The van der Waals surface area contributed by atoms with E-state index in [1.54, 1.807) is 43.3 Å². The number of ether oxygens (including phenoxy) is 1. The van der Waals surface area contributed by atoms with E-state index in [1.807, 2.05) is 0 Å². The van der Waals surface area contributed by atoms with E-state index in [2.05, 4.69) is 10.6 Å². The summed E-state index contributed by atoms with van der Waals surface area (Å²) in [5.74, 6) is -0.407. The van der Waals surface area contributed by atoms with E-state index < -0.39 is 10.9 Å². The molecular formula is C16H15N3O4S. The molecule has 0 saturated carbocycles. The molecule has 0 bridgehead atoms. The molecule has 0 unspecified atom stereocenters. The Morgan fingerprint density at radius 2 is 1.83 bits per heavy atom. The van der Waals surface area contributed by atoms with Gasteiger partial charge in [-0.3, -0.25) is 10.1 Å². The summed E-state index contributed by atoms with van der Waals surface area (Å²) in [6.07, 6.45) is 0. The number of anilines is 2. The van der Waals surface area contributed by atoms with Crippen LogP contribution in [-0.2, 0) is 4.74 Å². The SMILES string of the molecule is CCOC(=O)c1cccc(NC(=S)Nc2ccc([N+](=O)[O-])cc2)c1. The normalized spacial score (nSPS) is 9.88. The van der Waals surface area contributed by atoms with E-state index in [1.165, 1.54) is 12.1 Å². The van der Waals surface area contributed by atoms with E-state index in [-0.39, 0.29) is 5.69 Å². The van der Waals surface area contributed by atoms with Gasteiger partial charge in [0.15, 0.2) is 5.11 Å². The Labute approximate surface area is 143 Å². The zero-order valence-electron chi connectivity index (χ0n) is 12.8. The van der Waals surface area contributed by atoms with Crippen molar-refractivity contribution in [1.82, 2.24) is 0 Å². The topological polar surface area (TPSA) is 93.5 Å². The van der Waals surface area contributed by atoms with Crippen molar-refractivity contribution in [2.24, 2.45) is 0 Å². The number of carbonyl (C=O) groups excluding carboxylic acids is 1. The van der Waals surface area contributed by atoms with Gasteiger partial charge in [0.05, 0.1) is 17.1 Å². The minimum atomic E-state index is -0.471. The number of esters is 1. The molecule has 0 amide bonds. The molecule has 24 heavy (non-hydrogen) atoms. The fraction of sp³-hybridized carbons (Fsp3) is 0.125. The van der Waals surface area contributed by atoms with Crippen LogP contribution in [0.25, 0.3) is 0 Å². The lowest BCUT2D eigenvalue weighted by atomic mass is 10.2. The van der Waals surface area contributed by atoms with E-state index in [0.717, 1.165) is 0 Å². The van der Waals surface area contributed by atoms with Crippen LogP contribution in [0.5, 0.6) is 0 Å². The second-order valence-electron chi connectivity index (χ2n) is 4.68. The van der Waals surface area contributed by atoms with E-state index in [9.17, 15) is 14.9 Å². The number of nitrogens with zero attached hydrogens (tertiary/aromatic N) is 1. The third-order valence-corrected chi connectivity index (χ3v) is 3.17. The molecule has 2 N–H and O–H groups in total. The largest absolute Gasteiger partial charge is 0.462 e. The molecule has 0 aliphatic carbocycles. The Bertz CT molecular complexity index is 762. The summed E-state index contributed by atoms with van der Waals surface area (Å²) in [6, 6.07) is 12.6. The summed E-state index contributed by atoms with van der Waals surface area (Å²) >= 11 is 5.19. The Kier molecular flexibility index (Phi) is 5.80. The van der Waals surface area contributed by atoms with Gasteiger partial charge in [0.1, 0.15) is 0 Å². The van der Waals surface area contributed by atoms with Gasteiger partial charge in [-0.1, -0.05) is 6.07 Å². The lowest BCUT2D eigenvalue weighted by Crippen LogP contribution is -2.19. The standard InChI is InChI=1S/C16H15N3O4S/c1-2-23-15(20)11-4-3-5-13(10-11)18-16(24)17-12-6-8-14(9-7-12)19(21)22/h3-10H,2H2,1H3,(H2,17,18,24). The van der Waals surface area contributed by atoms with E-state index >= 15 is 0 Å². The number of hydrogen-bond acceptors (Lipinski definition) is 5. The Morgan fingerprint density at radius 3 is 2.46 bits per heavy atom. The average molecular weight is 345 g/mol. The molecule has 2 rings (SSSR count). The number of rotatable bonds is 5. The molecule has 8 heteroatoms. The molecule has 0 fully saturated rings. The van der Waals surface area contributed by atoms with Crippen LogP contribution in [-0.4, -0.2) is 22.6 Å². The molecule has 0 aliphatic heterocycles. The molecule has 0 saturated heterocycles. The Balaban J connectivity index is 2.00. The maximum Gasteiger partial charge on any atom is 0.338 e. The zero-order valence-corrected chi connectivity index (χ0v) is 13.6. The van der Waals surface area contributed by atoms with Gasteiger partial charge in [-0.15, -0.1) is 0 Å². The maximum atomic E-state index is 11.7. The molecule has 2 aromatic rings. The molecule has 0 aromatic heterocycles. The number of nitrogens with one attached hydrogen (secondary N) is 2. The highest BCUT2D eigenvalue weighted by atomic mass is 32.1. The van der Waals surface area contributed by atoms with Gasteiger partial charge in [0.2, 0.25) is 0 Å². The van der Waals surface area contributed by atoms with E-state index in [4.69, 9.17) is 17.0 Å². The number of nitro groups is 1. The Hall–Kier alpha value is -3.00. The van der Waals surface area contributed by atoms with Crippen LogP contribution in [0.15, 0.2) is 48.5 Å². The summed E-state index contributed by atoms with van der Waals surface area (Å²) in [4.78, 5) is 21.9. The number of non-ortho nitro benzene ring substituents is 1. The number of nitro benzene ring substituents is 1. The van der Waals surface area contributed by atoms with Crippen LogP contribution in [0.3, 0.4) is 0 Å². The van der Waals surface area contributed by atoms with Crippen molar-refractivity contribution in [2.45, 2.75) is 6.92 Å². The third kappa shape index (κ3) is 4.75. The summed E-state index contributed by atoms with van der Waals surface area (Å²) in [6.45, 7) is 2.04. The summed E-state index contributed by atoms with van der Waals surface area (Å²) in [5.41, 5.74) is 1.65. The Morgan fingerprint density at radius 1 is 1.17 bits per heavy atom. The third-order valence-electron chi connectivity index (χ3n) is 2.97. The second-order valence-corrected chi connectivity index (χ2v) is 5.09. The number of thiocarbonyl (C=S) groups is 1. The first-order chi connectivity index (χ1) is 11.5. The molecule has 0 heterocycles. The molecule has 2 aromatic carbocycles. The number of benzene rings is 2. The monoisotopic (exact) mass is 345 g/mol. The van der Waals surface area contributed by atoms with Crippen molar-refractivity contribution in [2.75, 3.05) is 17.2 Å². The minimum Gasteiger partial charge on any atom is -0.462 e. The predicted octanol–water partition coefficient (Wildman–Crippen LogP) is 3.58. The van der Waals surface area contributed by atoms with E-state index in [0.29, 0.717) is 28.7 Å². The first kappa shape index (κ1) is 17.4. The van der Waals surface area contributed by atoms with Crippen LogP contribution < -0.4 is 10.6 Å². The summed E-state index contributed by atoms with van der Waals surface area (Å²) in [7, 11) is 0. The van der Waals surface area contributed by atoms with Gasteiger partial charge < -0.3 is 15.4 Å². The molecule has 0 atom stereocenters. The van der Waals surface area contributed by atoms with Crippen LogP contribution in [0, 0.1) is 10.1 Å². The minimum absolute atomic E-state index is 0.00145. The highest BCUT2D eigenvalue weighted by molar-refractivity contribution is 7.80. The predicted molar refractivity (Wildman–Crippen MR) is 95.3 cm³/mol. The van der Waals surface area contributed by atoms with Gasteiger partial charge >= 0.3 is 5.97 Å². The van der Waals surface area contributed by atoms with Crippen LogP contribution >= 0.6 is 12.2 Å². The molecule has 124 valence electrons. The maximum absolute atomic E-state index is 11.7. The highest BCUT2D eigenvalue weighted by Gasteiger charge is 2.08.